The van der Waals surface area contributed by atoms with E-state index in [-0.39, 0.29) is 23.7 Å². The van der Waals surface area contributed by atoms with E-state index < -0.39 is 5.91 Å². The van der Waals surface area contributed by atoms with Crippen LogP contribution in [0.2, 0.25) is 0 Å². The summed E-state index contributed by atoms with van der Waals surface area (Å²) in [7, 11) is 0. The second-order valence-corrected chi connectivity index (χ2v) is 10.1. The van der Waals surface area contributed by atoms with E-state index in [2.05, 4.69) is 15.2 Å². The first-order chi connectivity index (χ1) is 19.0. The average molecular weight is 534 g/mol. The van der Waals surface area contributed by atoms with Gasteiger partial charge in [-0.15, -0.1) is 21.6 Å². The van der Waals surface area contributed by atoms with Crippen molar-refractivity contribution in [1.82, 2.24) is 14.1 Å². The number of rotatable bonds is 6. The van der Waals surface area contributed by atoms with Gasteiger partial charge in [-0.05, 0) is 24.1 Å². The van der Waals surface area contributed by atoms with E-state index in [1.165, 1.54) is 22.2 Å². The fraction of sp³-hybridized carbons (Fsp3) is 0.100. The topological polar surface area (TPSA) is 102 Å². The van der Waals surface area contributed by atoms with Crippen LogP contribution in [0.1, 0.15) is 11.1 Å². The molecule has 0 saturated heterocycles. The van der Waals surface area contributed by atoms with E-state index in [1.807, 2.05) is 91.2 Å². The van der Waals surface area contributed by atoms with Crippen LogP contribution in [-0.2, 0) is 17.9 Å². The Morgan fingerprint density at radius 1 is 1.00 bits per heavy atom. The molecular formula is C30H23N5O3S. The number of hydrogen-bond donors (Lipinski definition) is 1. The van der Waals surface area contributed by atoms with Crippen molar-refractivity contribution in [2.24, 2.45) is 10.2 Å². The van der Waals surface area contributed by atoms with Gasteiger partial charge in [0.15, 0.2) is 5.69 Å². The van der Waals surface area contributed by atoms with Gasteiger partial charge in [0.2, 0.25) is 5.88 Å². The van der Waals surface area contributed by atoms with Crippen molar-refractivity contribution in [1.29, 1.82) is 0 Å². The minimum absolute atomic E-state index is 0.0853. The molecule has 9 heteroatoms. The number of amides is 1. The van der Waals surface area contributed by atoms with Gasteiger partial charge >= 0.3 is 0 Å². The van der Waals surface area contributed by atoms with Gasteiger partial charge in [-0.1, -0.05) is 78.4 Å². The predicted octanol–water partition coefficient (Wildman–Crippen LogP) is 6.45. The van der Waals surface area contributed by atoms with Crippen molar-refractivity contribution in [3.05, 3.63) is 112 Å². The van der Waals surface area contributed by atoms with Crippen LogP contribution in [0.5, 0.6) is 5.88 Å². The van der Waals surface area contributed by atoms with Gasteiger partial charge in [0.1, 0.15) is 11.4 Å². The highest BCUT2D eigenvalue weighted by molar-refractivity contribution is 7.17. The normalized spacial score (nSPS) is 11.6. The van der Waals surface area contributed by atoms with Gasteiger partial charge in [0.25, 0.3) is 11.5 Å². The summed E-state index contributed by atoms with van der Waals surface area (Å²) in [4.78, 5) is 31.1. The molecule has 8 nitrogen and oxygen atoms in total. The lowest BCUT2D eigenvalue weighted by molar-refractivity contribution is -0.118. The first kappa shape index (κ1) is 24.4. The average Bonchev–Trinajstić information content (AvgIpc) is 3.50. The molecule has 1 N–H and O–H groups in total. The Morgan fingerprint density at radius 3 is 2.54 bits per heavy atom. The van der Waals surface area contributed by atoms with Crippen LogP contribution in [-0.4, -0.2) is 25.1 Å². The number of azo groups is 1. The number of carbonyl (C=O) groups excluding carboxylic acids is 1. The Bertz CT molecular complexity index is 1920. The molecule has 3 heterocycles. The summed E-state index contributed by atoms with van der Waals surface area (Å²) in [5.41, 5.74) is 4.49. The number of fused-ring (bicyclic) bond motifs is 2. The third kappa shape index (κ3) is 4.64. The smallest absolute Gasteiger partial charge is 0.284 e. The Labute approximate surface area is 227 Å². The summed E-state index contributed by atoms with van der Waals surface area (Å²) in [5.74, 6) is -0.720. The van der Waals surface area contributed by atoms with E-state index in [9.17, 15) is 14.7 Å². The summed E-state index contributed by atoms with van der Waals surface area (Å²) in [6, 6.07) is 25.1. The van der Waals surface area contributed by atoms with E-state index >= 15 is 0 Å². The van der Waals surface area contributed by atoms with Crippen molar-refractivity contribution in [3.8, 4) is 17.0 Å². The number of benzene rings is 3. The monoisotopic (exact) mass is 533 g/mol. The highest BCUT2D eigenvalue weighted by Gasteiger charge is 2.18. The molecular weight excluding hydrogens is 510 g/mol. The fourth-order valence-corrected chi connectivity index (χ4v) is 5.51. The van der Waals surface area contributed by atoms with Gasteiger partial charge in [0.05, 0.1) is 23.8 Å². The number of aromatic nitrogens is 3. The molecule has 0 aliphatic heterocycles. The Morgan fingerprint density at radius 2 is 1.74 bits per heavy atom. The maximum absolute atomic E-state index is 13.3. The van der Waals surface area contributed by atoms with Crippen molar-refractivity contribution in [2.45, 2.75) is 20.0 Å². The van der Waals surface area contributed by atoms with Crippen LogP contribution in [0, 0.1) is 6.92 Å². The van der Waals surface area contributed by atoms with Crippen LogP contribution < -0.4 is 5.56 Å². The van der Waals surface area contributed by atoms with Crippen molar-refractivity contribution in [3.63, 3.8) is 0 Å². The van der Waals surface area contributed by atoms with Gasteiger partial charge in [-0.3, -0.25) is 14.2 Å². The minimum Gasteiger partial charge on any atom is -0.493 e. The number of para-hydroxylation sites is 1. The van der Waals surface area contributed by atoms with E-state index in [0.29, 0.717) is 22.1 Å². The van der Waals surface area contributed by atoms with Crippen molar-refractivity contribution in [2.75, 3.05) is 0 Å². The van der Waals surface area contributed by atoms with Crippen LogP contribution in [0.25, 0.3) is 32.2 Å². The largest absolute Gasteiger partial charge is 0.493 e. The van der Waals surface area contributed by atoms with E-state index in [1.54, 1.807) is 4.57 Å². The Balaban J connectivity index is 1.30. The third-order valence-electron chi connectivity index (χ3n) is 6.59. The molecule has 3 aromatic carbocycles. The molecule has 0 atom stereocenters. The molecule has 0 bridgehead atoms. The zero-order valence-electron chi connectivity index (χ0n) is 21.0. The number of aryl methyl sites for hydroxylation is 1. The number of carbonyl (C=O) groups is 1. The number of nitrogens with zero attached hydrogens (tertiary/aromatic N) is 5. The SMILES string of the molecule is Cc1ccc(-c2csc3ncn(CC(=O)N=Nc4c(O)n(Cc5ccccc5)c5ccccc45)c(=O)c23)cc1. The molecule has 0 radical (unpaired) electrons. The van der Waals surface area contributed by atoms with Gasteiger partial charge in [-0.2, -0.15) is 0 Å². The van der Waals surface area contributed by atoms with Gasteiger partial charge < -0.3 is 9.67 Å². The standard InChI is InChI=1S/C30H23N5O3S/c1-19-11-13-21(14-12-19)23-17-39-28-26(23)29(37)34(18-31-28)16-25(36)32-33-27-22-9-5-6-10-24(22)35(30(27)38)15-20-7-3-2-4-8-20/h2-14,17-18,38H,15-16H2,1H3. The third-order valence-corrected chi connectivity index (χ3v) is 7.48. The lowest BCUT2D eigenvalue weighted by Crippen LogP contribution is -2.23. The van der Waals surface area contributed by atoms with Crippen LogP contribution in [0.4, 0.5) is 5.69 Å². The first-order valence-corrected chi connectivity index (χ1v) is 13.2. The van der Waals surface area contributed by atoms with Crippen LogP contribution in [0.3, 0.4) is 0 Å². The van der Waals surface area contributed by atoms with Crippen LogP contribution in [0.15, 0.2) is 106 Å². The number of thiophene rings is 1. The molecule has 39 heavy (non-hydrogen) atoms. The molecule has 0 fully saturated rings. The number of aromatic hydroxyl groups is 1. The number of hydrogen-bond acceptors (Lipinski definition) is 6. The molecule has 6 aromatic rings. The van der Waals surface area contributed by atoms with Crippen LogP contribution >= 0.6 is 11.3 Å². The summed E-state index contributed by atoms with van der Waals surface area (Å²) in [5, 5.41) is 22.0. The molecule has 0 aliphatic rings. The second kappa shape index (κ2) is 10.1. The molecule has 192 valence electrons. The second-order valence-electron chi connectivity index (χ2n) is 9.23. The summed E-state index contributed by atoms with van der Waals surface area (Å²) < 4.78 is 2.97. The molecule has 0 unspecified atom stereocenters. The quantitative estimate of drug-likeness (QED) is 0.249. The predicted molar refractivity (Wildman–Crippen MR) is 153 cm³/mol. The molecule has 3 aromatic heterocycles. The fourth-order valence-electron chi connectivity index (χ4n) is 4.61. The zero-order valence-corrected chi connectivity index (χ0v) is 21.8. The maximum Gasteiger partial charge on any atom is 0.284 e. The zero-order chi connectivity index (χ0) is 26.9. The highest BCUT2D eigenvalue weighted by atomic mass is 32.1. The van der Waals surface area contributed by atoms with E-state index in [0.717, 1.165) is 27.8 Å². The van der Waals surface area contributed by atoms with E-state index in [4.69, 9.17) is 0 Å². The van der Waals surface area contributed by atoms with Crippen molar-refractivity contribution >= 4 is 44.1 Å². The molecule has 6 rings (SSSR count). The molecule has 1 amide bonds. The molecule has 0 aliphatic carbocycles. The maximum atomic E-state index is 13.3. The first-order valence-electron chi connectivity index (χ1n) is 12.3. The minimum atomic E-state index is -0.635. The Hall–Kier alpha value is -4.89. The van der Waals surface area contributed by atoms with Crippen molar-refractivity contribution < 1.29 is 9.90 Å². The van der Waals surface area contributed by atoms with Gasteiger partial charge in [-0.25, -0.2) is 4.98 Å². The summed E-state index contributed by atoms with van der Waals surface area (Å²) in [6.07, 6.45) is 1.36. The van der Waals surface area contributed by atoms with Gasteiger partial charge in [0, 0.05) is 16.3 Å². The lowest BCUT2D eigenvalue weighted by Gasteiger charge is -2.06. The lowest BCUT2D eigenvalue weighted by atomic mass is 10.1. The molecule has 0 saturated carbocycles. The summed E-state index contributed by atoms with van der Waals surface area (Å²) >= 11 is 1.39. The molecule has 0 spiro atoms. The summed E-state index contributed by atoms with van der Waals surface area (Å²) in [6.45, 7) is 2.12. The highest BCUT2D eigenvalue weighted by Crippen LogP contribution is 2.39. The Kier molecular flexibility index (Phi) is 6.34.